The van der Waals surface area contributed by atoms with Gasteiger partial charge in [0.05, 0.1) is 11.6 Å². The summed E-state index contributed by atoms with van der Waals surface area (Å²) < 4.78 is 6.12. The van der Waals surface area contributed by atoms with Crippen LogP contribution in [0, 0.1) is 11.3 Å². The minimum absolute atomic E-state index is 0.620. The second-order valence-corrected chi connectivity index (χ2v) is 6.92. The highest BCUT2D eigenvalue weighted by molar-refractivity contribution is 7.98. The van der Waals surface area contributed by atoms with Gasteiger partial charge in [-0.05, 0) is 17.7 Å². The van der Waals surface area contributed by atoms with Gasteiger partial charge in [-0.25, -0.2) is 4.98 Å². The molecule has 0 radical (unpaired) electrons. The average Bonchev–Trinajstić information content (AvgIpc) is 3.18. The Morgan fingerprint density at radius 2 is 1.56 bits per heavy atom. The number of thioether (sulfide) groups is 1. The predicted octanol–water partition coefficient (Wildman–Crippen LogP) is 6.17. The van der Waals surface area contributed by atoms with E-state index in [1.165, 1.54) is 11.8 Å². The van der Waals surface area contributed by atoms with Crippen LogP contribution in [0.3, 0.4) is 0 Å². The molecular formula is C23H16N2OS. The van der Waals surface area contributed by atoms with Gasteiger partial charge in [-0.15, -0.1) is 0 Å². The molecule has 3 aromatic carbocycles. The largest absolute Gasteiger partial charge is 0.431 e. The number of nitriles is 1. The third-order valence-corrected chi connectivity index (χ3v) is 5.01. The van der Waals surface area contributed by atoms with Gasteiger partial charge in [-0.2, -0.15) is 5.26 Å². The molecule has 4 rings (SSSR count). The minimum atomic E-state index is 0.620. The lowest BCUT2D eigenvalue weighted by atomic mass is 10.1. The third-order valence-electron chi connectivity index (χ3n) is 4.11. The van der Waals surface area contributed by atoms with E-state index in [9.17, 15) is 0 Å². The number of hydrogen-bond donors (Lipinski definition) is 0. The van der Waals surface area contributed by atoms with Gasteiger partial charge < -0.3 is 4.42 Å². The quantitative estimate of drug-likeness (QED) is 0.395. The standard InChI is InChI=1S/C23H16N2OS/c24-15-17-8-7-9-18(14-17)16-27-23-25-21(19-10-3-1-4-11-19)22(26-23)20-12-5-2-6-13-20/h1-14H,16H2. The van der Waals surface area contributed by atoms with Gasteiger partial charge in [0.25, 0.3) is 5.22 Å². The maximum Gasteiger partial charge on any atom is 0.257 e. The fourth-order valence-corrected chi connectivity index (χ4v) is 3.58. The van der Waals surface area contributed by atoms with Crippen molar-refractivity contribution in [1.82, 2.24) is 4.98 Å². The highest BCUT2D eigenvalue weighted by Crippen LogP contribution is 2.36. The van der Waals surface area contributed by atoms with Crippen LogP contribution in [-0.2, 0) is 5.75 Å². The molecule has 4 aromatic rings. The van der Waals surface area contributed by atoms with Crippen LogP contribution in [0.2, 0.25) is 0 Å². The summed E-state index contributed by atoms with van der Waals surface area (Å²) in [4.78, 5) is 4.75. The summed E-state index contributed by atoms with van der Waals surface area (Å²) in [5, 5.41) is 9.67. The van der Waals surface area contributed by atoms with Gasteiger partial charge in [-0.1, -0.05) is 84.6 Å². The van der Waals surface area contributed by atoms with Crippen molar-refractivity contribution < 1.29 is 4.42 Å². The summed E-state index contributed by atoms with van der Waals surface area (Å²) in [6, 6.07) is 29.9. The van der Waals surface area contributed by atoms with Crippen molar-refractivity contribution in [3.8, 4) is 28.7 Å². The zero-order chi connectivity index (χ0) is 18.5. The van der Waals surface area contributed by atoms with Crippen LogP contribution in [0.15, 0.2) is 94.6 Å². The maximum absolute atomic E-state index is 9.05. The second-order valence-electron chi connectivity index (χ2n) is 5.99. The molecule has 4 heteroatoms. The first-order valence-electron chi connectivity index (χ1n) is 8.57. The molecule has 0 fully saturated rings. The fraction of sp³-hybridized carbons (Fsp3) is 0.0435. The van der Waals surface area contributed by atoms with Crippen molar-refractivity contribution in [3.05, 3.63) is 96.1 Å². The molecule has 130 valence electrons. The first-order valence-corrected chi connectivity index (χ1v) is 9.55. The topological polar surface area (TPSA) is 49.8 Å². The van der Waals surface area contributed by atoms with Gasteiger partial charge in [0.15, 0.2) is 5.76 Å². The number of hydrogen-bond acceptors (Lipinski definition) is 4. The number of nitrogens with zero attached hydrogens (tertiary/aromatic N) is 2. The van der Waals surface area contributed by atoms with Crippen molar-refractivity contribution in [2.45, 2.75) is 11.0 Å². The zero-order valence-electron chi connectivity index (χ0n) is 14.5. The molecule has 0 aliphatic heterocycles. The molecule has 0 spiro atoms. The van der Waals surface area contributed by atoms with E-state index in [1.54, 1.807) is 6.07 Å². The van der Waals surface area contributed by atoms with E-state index in [0.29, 0.717) is 16.5 Å². The molecule has 27 heavy (non-hydrogen) atoms. The molecule has 0 N–H and O–H groups in total. The van der Waals surface area contributed by atoms with Crippen LogP contribution in [0.1, 0.15) is 11.1 Å². The van der Waals surface area contributed by atoms with Crippen LogP contribution >= 0.6 is 11.8 Å². The molecule has 1 heterocycles. The van der Waals surface area contributed by atoms with E-state index >= 15 is 0 Å². The Morgan fingerprint density at radius 3 is 2.26 bits per heavy atom. The molecule has 0 aliphatic carbocycles. The van der Waals surface area contributed by atoms with Crippen LogP contribution in [0.25, 0.3) is 22.6 Å². The number of benzene rings is 3. The Balaban J connectivity index is 1.66. The molecule has 0 unspecified atom stereocenters. The summed E-state index contributed by atoms with van der Waals surface area (Å²) in [6.07, 6.45) is 0. The van der Waals surface area contributed by atoms with Crippen LogP contribution in [0.4, 0.5) is 0 Å². The average molecular weight is 368 g/mol. The summed E-state index contributed by atoms with van der Waals surface area (Å²) >= 11 is 1.53. The smallest absolute Gasteiger partial charge is 0.257 e. The molecule has 0 atom stereocenters. The minimum Gasteiger partial charge on any atom is -0.431 e. The lowest BCUT2D eigenvalue weighted by molar-refractivity contribution is 0.466. The zero-order valence-corrected chi connectivity index (χ0v) is 15.3. The lowest BCUT2D eigenvalue weighted by Crippen LogP contribution is -1.83. The van der Waals surface area contributed by atoms with Crippen molar-refractivity contribution in [2.24, 2.45) is 0 Å². The second kappa shape index (κ2) is 7.94. The Labute approximate surface area is 162 Å². The van der Waals surface area contributed by atoms with Crippen LogP contribution in [-0.4, -0.2) is 4.98 Å². The molecule has 3 nitrogen and oxygen atoms in total. The van der Waals surface area contributed by atoms with Crippen molar-refractivity contribution in [3.63, 3.8) is 0 Å². The first-order chi connectivity index (χ1) is 13.3. The predicted molar refractivity (Wildman–Crippen MR) is 108 cm³/mol. The van der Waals surface area contributed by atoms with Crippen molar-refractivity contribution >= 4 is 11.8 Å². The van der Waals surface area contributed by atoms with Gasteiger partial charge in [0.1, 0.15) is 5.69 Å². The van der Waals surface area contributed by atoms with E-state index in [2.05, 4.69) is 6.07 Å². The summed E-state index contributed by atoms with van der Waals surface area (Å²) in [7, 11) is 0. The van der Waals surface area contributed by atoms with Crippen LogP contribution < -0.4 is 0 Å². The first kappa shape index (κ1) is 17.1. The molecular weight excluding hydrogens is 352 g/mol. The Morgan fingerprint density at radius 1 is 0.852 bits per heavy atom. The normalized spacial score (nSPS) is 10.5. The van der Waals surface area contributed by atoms with Gasteiger partial charge in [0, 0.05) is 16.9 Å². The van der Waals surface area contributed by atoms with E-state index in [0.717, 1.165) is 28.1 Å². The molecule has 0 amide bonds. The van der Waals surface area contributed by atoms with Gasteiger partial charge in [0.2, 0.25) is 0 Å². The third kappa shape index (κ3) is 3.94. The molecule has 0 saturated carbocycles. The number of oxazole rings is 1. The molecule has 1 aromatic heterocycles. The number of rotatable bonds is 5. The van der Waals surface area contributed by atoms with E-state index in [1.807, 2.05) is 78.9 Å². The van der Waals surface area contributed by atoms with Gasteiger partial charge >= 0.3 is 0 Å². The number of aromatic nitrogens is 1. The summed E-state index contributed by atoms with van der Waals surface area (Å²) in [5.41, 5.74) is 4.60. The molecule has 0 saturated heterocycles. The highest BCUT2D eigenvalue weighted by Gasteiger charge is 2.17. The Kier molecular flexibility index (Phi) is 5.04. The Bertz CT molecular complexity index is 1030. The highest BCUT2D eigenvalue weighted by atomic mass is 32.2. The van der Waals surface area contributed by atoms with Crippen molar-refractivity contribution in [1.29, 1.82) is 5.26 Å². The summed E-state index contributed by atoms with van der Waals surface area (Å²) in [6.45, 7) is 0. The molecule has 0 aliphatic rings. The van der Waals surface area contributed by atoms with Crippen molar-refractivity contribution in [2.75, 3.05) is 0 Å². The van der Waals surface area contributed by atoms with E-state index in [4.69, 9.17) is 14.7 Å². The molecule has 0 bridgehead atoms. The summed E-state index contributed by atoms with van der Waals surface area (Å²) in [5.74, 6) is 1.47. The van der Waals surface area contributed by atoms with Gasteiger partial charge in [-0.3, -0.25) is 0 Å². The van der Waals surface area contributed by atoms with Crippen LogP contribution in [0.5, 0.6) is 0 Å². The lowest BCUT2D eigenvalue weighted by Gasteiger charge is -2.00. The Hall–Kier alpha value is -3.29. The SMILES string of the molecule is N#Cc1cccc(CSc2nc(-c3ccccc3)c(-c3ccccc3)o2)c1. The maximum atomic E-state index is 9.05. The van der Waals surface area contributed by atoms with E-state index < -0.39 is 0 Å². The monoisotopic (exact) mass is 368 g/mol. The fourth-order valence-electron chi connectivity index (χ4n) is 2.81. The van der Waals surface area contributed by atoms with E-state index in [-0.39, 0.29) is 0 Å².